The van der Waals surface area contributed by atoms with E-state index in [1.54, 1.807) is 43.3 Å². The number of aryl methyl sites for hydroxylation is 1. The zero-order valence-corrected chi connectivity index (χ0v) is 11.1. The minimum Gasteiger partial charge on any atom is -0.279 e. The molecule has 0 aliphatic carbocycles. The predicted octanol–water partition coefficient (Wildman–Crippen LogP) is 2.67. The number of rotatable bonds is 3. The summed E-state index contributed by atoms with van der Waals surface area (Å²) >= 11 is 0. The van der Waals surface area contributed by atoms with Crippen molar-refractivity contribution < 1.29 is 8.42 Å². The van der Waals surface area contributed by atoms with Crippen molar-refractivity contribution >= 4 is 15.7 Å². The molecule has 0 spiro atoms. The molecule has 96 valence electrons. The van der Waals surface area contributed by atoms with E-state index in [-0.39, 0.29) is 4.90 Å². The van der Waals surface area contributed by atoms with Crippen LogP contribution in [0, 0.1) is 18.3 Å². The third kappa shape index (κ3) is 2.92. The van der Waals surface area contributed by atoms with Crippen molar-refractivity contribution in [3.8, 4) is 6.07 Å². The number of nitriles is 1. The molecule has 0 aliphatic heterocycles. The van der Waals surface area contributed by atoms with Gasteiger partial charge in [-0.25, -0.2) is 8.42 Å². The highest BCUT2D eigenvalue weighted by atomic mass is 32.2. The van der Waals surface area contributed by atoms with E-state index in [0.717, 1.165) is 0 Å². The van der Waals surface area contributed by atoms with Gasteiger partial charge in [-0.15, -0.1) is 0 Å². The summed E-state index contributed by atoms with van der Waals surface area (Å²) in [7, 11) is -3.59. The molecule has 5 heteroatoms. The number of sulfonamides is 1. The maximum absolute atomic E-state index is 12.1. The minimum absolute atomic E-state index is 0.207. The molecule has 2 aromatic carbocycles. The Morgan fingerprint density at radius 2 is 1.79 bits per heavy atom. The molecule has 0 radical (unpaired) electrons. The Hall–Kier alpha value is -2.32. The van der Waals surface area contributed by atoms with Crippen LogP contribution in [0.4, 0.5) is 5.69 Å². The lowest BCUT2D eigenvalue weighted by Crippen LogP contribution is -2.13. The second-order valence-corrected chi connectivity index (χ2v) is 5.74. The fourth-order valence-corrected chi connectivity index (χ4v) is 2.80. The second kappa shape index (κ2) is 5.12. The molecule has 0 amide bonds. The largest absolute Gasteiger partial charge is 0.279 e. The van der Waals surface area contributed by atoms with Crippen molar-refractivity contribution in [1.29, 1.82) is 5.26 Å². The average Bonchev–Trinajstić information content (AvgIpc) is 2.42. The summed E-state index contributed by atoms with van der Waals surface area (Å²) in [5.74, 6) is 0. The molecule has 0 aromatic heterocycles. The minimum atomic E-state index is -3.59. The van der Waals surface area contributed by atoms with Crippen molar-refractivity contribution in [3.05, 3.63) is 59.7 Å². The van der Waals surface area contributed by atoms with E-state index in [9.17, 15) is 8.42 Å². The van der Waals surface area contributed by atoms with Gasteiger partial charge in [-0.2, -0.15) is 5.26 Å². The first-order valence-corrected chi connectivity index (χ1v) is 7.10. The van der Waals surface area contributed by atoms with E-state index in [1.165, 1.54) is 12.1 Å². The van der Waals surface area contributed by atoms with Crippen LogP contribution in [0.5, 0.6) is 0 Å². The lowest BCUT2D eigenvalue weighted by atomic mass is 10.1. The first-order chi connectivity index (χ1) is 9.03. The molecular weight excluding hydrogens is 260 g/mol. The number of nitrogens with zero attached hydrogens (tertiary/aromatic N) is 1. The van der Waals surface area contributed by atoms with Crippen LogP contribution in [-0.4, -0.2) is 8.42 Å². The number of hydrogen-bond donors (Lipinski definition) is 1. The summed E-state index contributed by atoms with van der Waals surface area (Å²) < 4.78 is 26.8. The van der Waals surface area contributed by atoms with E-state index in [4.69, 9.17) is 5.26 Å². The van der Waals surface area contributed by atoms with E-state index in [2.05, 4.69) is 4.72 Å². The van der Waals surface area contributed by atoms with Gasteiger partial charge in [0.05, 0.1) is 22.2 Å². The monoisotopic (exact) mass is 272 g/mol. The van der Waals surface area contributed by atoms with Gasteiger partial charge in [0.2, 0.25) is 0 Å². The van der Waals surface area contributed by atoms with Crippen LogP contribution in [0.15, 0.2) is 53.4 Å². The van der Waals surface area contributed by atoms with Crippen molar-refractivity contribution in [2.75, 3.05) is 4.72 Å². The quantitative estimate of drug-likeness (QED) is 0.933. The zero-order chi connectivity index (χ0) is 13.9. The molecule has 0 atom stereocenters. The molecule has 19 heavy (non-hydrogen) atoms. The van der Waals surface area contributed by atoms with Gasteiger partial charge >= 0.3 is 0 Å². The van der Waals surface area contributed by atoms with E-state index in [1.807, 2.05) is 6.07 Å². The summed E-state index contributed by atoms with van der Waals surface area (Å²) in [5, 5.41) is 8.77. The number of benzene rings is 2. The van der Waals surface area contributed by atoms with Crippen LogP contribution in [0.25, 0.3) is 0 Å². The molecule has 0 fully saturated rings. The topological polar surface area (TPSA) is 70.0 Å². The van der Waals surface area contributed by atoms with Crippen LogP contribution < -0.4 is 4.72 Å². The van der Waals surface area contributed by atoms with Crippen LogP contribution in [0.2, 0.25) is 0 Å². The van der Waals surface area contributed by atoms with Crippen molar-refractivity contribution in [3.63, 3.8) is 0 Å². The van der Waals surface area contributed by atoms with Crippen LogP contribution >= 0.6 is 0 Å². The van der Waals surface area contributed by atoms with Gasteiger partial charge in [-0.3, -0.25) is 4.72 Å². The Labute approximate surface area is 112 Å². The number of nitrogens with one attached hydrogen (secondary N) is 1. The lowest BCUT2D eigenvalue weighted by Gasteiger charge is -2.10. The van der Waals surface area contributed by atoms with Crippen LogP contribution in [0.3, 0.4) is 0 Å². The molecule has 0 saturated heterocycles. The van der Waals surface area contributed by atoms with Gasteiger partial charge in [-0.05, 0) is 42.8 Å². The standard InChI is InChI=1S/C14H12N2O2S/c1-11-9-12(10-15)7-8-14(11)16-19(17,18)13-5-3-2-4-6-13/h2-9,16H,1H3. The average molecular weight is 272 g/mol. The molecule has 1 N–H and O–H groups in total. The number of hydrogen-bond acceptors (Lipinski definition) is 3. The summed E-state index contributed by atoms with van der Waals surface area (Å²) in [5.41, 5.74) is 1.68. The van der Waals surface area contributed by atoms with E-state index in [0.29, 0.717) is 16.8 Å². The Bertz CT molecular complexity index is 732. The van der Waals surface area contributed by atoms with Crippen LogP contribution in [0.1, 0.15) is 11.1 Å². The van der Waals surface area contributed by atoms with Gasteiger partial charge in [0.25, 0.3) is 10.0 Å². The Morgan fingerprint density at radius 1 is 1.11 bits per heavy atom. The SMILES string of the molecule is Cc1cc(C#N)ccc1NS(=O)(=O)c1ccccc1. The van der Waals surface area contributed by atoms with Crippen molar-refractivity contribution in [2.24, 2.45) is 0 Å². The summed E-state index contributed by atoms with van der Waals surface area (Å²) in [4.78, 5) is 0.207. The third-order valence-electron chi connectivity index (χ3n) is 2.65. The number of anilines is 1. The van der Waals surface area contributed by atoms with Crippen molar-refractivity contribution in [2.45, 2.75) is 11.8 Å². The molecular formula is C14H12N2O2S. The predicted molar refractivity (Wildman–Crippen MR) is 73.1 cm³/mol. The van der Waals surface area contributed by atoms with E-state index < -0.39 is 10.0 Å². The van der Waals surface area contributed by atoms with Gasteiger partial charge in [0, 0.05) is 0 Å². The zero-order valence-electron chi connectivity index (χ0n) is 10.3. The molecule has 4 nitrogen and oxygen atoms in total. The van der Waals surface area contributed by atoms with Gasteiger partial charge in [-0.1, -0.05) is 18.2 Å². The fourth-order valence-electron chi connectivity index (χ4n) is 1.65. The Balaban J connectivity index is 2.34. The lowest BCUT2D eigenvalue weighted by molar-refractivity contribution is 0.601. The highest BCUT2D eigenvalue weighted by Gasteiger charge is 2.14. The molecule has 0 aliphatic rings. The molecule has 0 saturated carbocycles. The molecule has 0 heterocycles. The second-order valence-electron chi connectivity index (χ2n) is 4.06. The summed E-state index contributed by atoms with van der Waals surface area (Å²) in [6.45, 7) is 1.75. The molecule has 0 bridgehead atoms. The first kappa shape index (κ1) is 13.1. The highest BCUT2D eigenvalue weighted by molar-refractivity contribution is 7.92. The van der Waals surface area contributed by atoms with Gasteiger partial charge < -0.3 is 0 Å². The fraction of sp³-hybridized carbons (Fsp3) is 0.0714. The van der Waals surface area contributed by atoms with Gasteiger partial charge in [0.15, 0.2) is 0 Å². The molecule has 0 unspecified atom stereocenters. The Morgan fingerprint density at radius 3 is 2.37 bits per heavy atom. The van der Waals surface area contributed by atoms with Crippen molar-refractivity contribution in [1.82, 2.24) is 0 Å². The summed E-state index contributed by atoms with van der Waals surface area (Å²) in [6.07, 6.45) is 0. The van der Waals surface area contributed by atoms with Crippen LogP contribution in [-0.2, 0) is 10.0 Å². The maximum atomic E-state index is 12.1. The van der Waals surface area contributed by atoms with E-state index >= 15 is 0 Å². The molecule has 2 rings (SSSR count). The first-order valence-electron chi connectivity index (χ1n) is 5.61. The third-order valence-corrected chi connectivity index (χ3v) is 4.03. The summed E-state index contributed by atoms with van der Waals surface area (Å²) in [6, 6.07) is 15.0. The maximum Gasteiger partial charge on any atom is 0.261 e. The highest BCUT2D eigenvalue weighted by Crippen LogP contribution is 2.20. The Kier molecular flexibility index (Phi) is 3.54. The molecule has 2 aromatic rings. The van der Waals surface area contributed by atoms with Gasteiger partial charge in [0.1, 0.15) is 0 Å². The smallest absolute Gasteiger partial charge is 0.261 e. The normalized spacial score (nSPS) is 10.7.